The van der Waals surface area contributed by atoms with Crippen molar-refractivity contribution in [2.45, 2.75) is 58.2 Å². The third kappa shape index (κ3) is 5.56. The predicted octanol–water partition coefficient (Wildman–Crippen LogP) is 2.35. The molecule has 0 aromatic heterocycles. The van der Waals surface area contributed by atoms with Gasteiger partial charge in [-0.1, -0.05) is 13.3 Å². The fraction of sp³-hybridized carbons (Fsp3) is 1.00. The number of rotatable bonds is 6. The van der Waals surface area contributed by atoms with E-state index in [4.69, 9.17) is 4.74 Å². The lowest BCUT2D eigenvalue weighted by molar-refractivity contribution is 0.00221. The maximum absolute atomic E-state index is 9.45. The molecule has 1 N–H and O–H groups in total. The summed E-state index contributed by atoms with van der Waals surface area (Å²) < 4.78 is 5.26. The lowest BCUT2D eigenvalue weighted by Crippen LogP contribution is -2.24. The molecule has 0 radical (unpaired) electrons. The average Bonchev–Trinajstić information content (AvgIpc) is 2.02. The van der Waals surface area contributed by atoms with Crippen molar-refractivity contribution in [2.24, 2.45) is 0 Å². The topological polar surface area (TPSA) is 29.5 Å². The van der Waals surface area contributed by atoms with Crippen LogP contribution < -0.4 is 0 Å². The molecular weight excluding hydrogens is 152 g/mol. The molecule has 0 fully saturated rings. The molecule has 2 heteroatoms. The van der Waals surface area contributed by atoms with E-state index in [-0.39, 0.29) is 11.7 Å². The smallest absolute Gasteiger partial charge is 0.0623 e. The zero-order valence-corrected chi connectivity index (χ0v) is 8.76. The fourth-order valence-corrected chi connectivity index (χ4v) is 1.09. The first-order valence-corrected chi connectivity index (χ1v) is 4.75. The Balaban J connectivity index is 3.52. The van der Waals surface area contributed by atoms with Crippen LogP contribution in [-0.4, -0.2) is 23.9 Å². The van der Waals surface area contributed by atoms with Crippen molar-refractivity contribution in [3.8, 4) is 0 Å². The van der Waals surface area contributed by atoms with Gasteiger partial charge in [0.25, 0.3) is 0 Å². The van der Waals surface area contributed by atoms with Crippen molar-refractivity contribution < 1.29 is 9.84 Å². The van der Waals surface area contributed by atoms with Gasteiger partial charge < -0.3 is 9.84 Å². The van der Waals surface area contributed by atoms with Crippen LogP contribution in [0.25, 0.3) is 0 Å². The van der Waals surface area contributed by atoms with Gasteiger partial charge in [0.15, 0.2) is 0 Å². The molecule has 0 heterocycles. The molecule has 0 aromatic rings. The van der Waals surface area contributed by atoms with Crippen LogP contribution in [-0.2, 0) is 4.74 Å². The van der Waals surface area contributed by atoms with E-state index in [1.54, 1.807) is 7.11 Å². The molecule has 74 valence electrons. The molecule has 0 aromatic carbocycles. The van der Waals surface area contributed by atoms with Crippen molar-refractivity contribution in [2.75, 3.05) is 7.11 Å². The summed E-state index contributed by atoms with van der Waals surface area (Å²) in [6.45, 7) is 6.18. The van der Waals surface area contributed by atoms with E-state index in [1.807, 2.05) is 13.8 Å². The Morgan fingerprint density at radius 1 is 1.33 bits per heavy atom. The number of aliphatic hydroxyl groups is 1. The van der Waals surface area contributed by atoms with Crippen molar-refractivity contribution in [3.63, 3.8) is 0 Å². The summed E-state index contributed by atoms with van der Waals surface area (Å²) in [5, 5.41) is 9.45. The summed E-state index contributed by atoms with van der Waals surface area (Å²) in [5.74, 6) is 0. The van der Waals surface area contributed by atoms with E-state index in [0.717, 1.165) is 25.7 Å². The van der Waals surface area contributed by atoms with E-state index in [0.29, 0.717) is 0 Å². The minimum Gasteiger partial charge on any atom is -0.393 e. The minimum atomic E-state index is -0.149. The molecule has 0 bridgehead atoms. The van der Waals surface area contributed by atoms with Gasteiger partial charge in [-0.2, -0.15) is 0 Å². The molecule has 0 saturated heterocycles. The Hall–Kier alpha value is -0.0800. The van der Waals surface area contributed by atoms with Crippen LogP contribution in [0.15, 0.2) is 0 Å². The molecule has 0 saturated carbocycles. The van der Waals surface area contributed by atoms with E-state index >= 15 is 0 Å². The third-order valence-corrected chi connectivity index (χ3v) is 2.25. The highest BCUT2D eigenvalue weighted by atomic mass is 16.5. The van der Waals surface area contributed by atoms with Crippen LogP contribution in [0.1, 0.15) is 46.5 Å². The first-order chi connectivity index (χ1) is 5.52. The van der Waals surface area contributed by atoms with Crippen LogP contribution in [0, 0.1) is 0 Å². The van der Waals surface area contributed by atoms with Crippen molar-refractivity contribution >= 4 is 0 Å². The van der Waals surface area contributed by atoms with E-state index in [2.05, 4.69) is 6.92 Å². The van der Waals surface area contributed by atoms with Crippen molar-refractivity contribution in [1.29, 1.82) is 0 Å². The second kappa shape index (κ2) is 5.55. The zero-order chi connectivity index (χ0) is 9.61. The summed E-state index contributed by atoms with van der Waals surface area (Å²) in [7, 11) is 1.71. The van der Waals surface area contributed by atoms with Gasteiger partial charge in [0, 0.05) is 7.11 Å². The molecule has 2 nitrogen and oxygen atoms in total. The maximum Gasteiger partial charge on any atom is 0.0623 e. The molecular formula is C10H22O2. The summed E-state index contributed by atoms with van der Waals surface area (Å²) in [6, 6.07) is 0. The van der Waals surface area contributed by atoms with Crippen LogP contribution in [0.3, 0.4) is 0 Å². The normalized spacial score (nSPS) is 14.8. The van der Waals surface area contributed by atoms with Crippen LogP contribution in [0.5, 0.6) is 0 Å². The highest BCUT2D eigenvalue weighted by Crippen LogP contribution is 2.17. The molecule has 0 rings (SSSR count). The number of hydrogen-bond acceptors (Lipinski definition) is 2. The van der Waals surface area contributed by atoms with Crippen molar-refractivity contribution in [1.82, 2.24) is 0 Å². The quantitative estimate of drug-likeness (QED) is 0.669. The van der Waals surface area contributed by atoms with Gasteiger partial charge in [-0.3, -0.25) is 0 Å². The molecule has 0 aliphatic carbocycles. The van der Waals surface area contributed by atoms with Crippen molar-refractivity contribution in [3.05, 3.63) is 0 Å². The molecule has 0 aliphatic heterocycles. The summed E-state index contributed by atoms with van der Waals surface area (Å²) in [5.41, 5.74) is -0.0886. The van der Waals surface area contributed by atoms with Gasteiger partial charge in [-0.05, 0) is 33.1 Å². The summed E-state index contributed by atoms with van der Waals surface area (Å²) >= 11 is 0. The lowest BCUT2D eigenvalue weighted by atomic mass is 9.98. The molecule has 0 aliphatic rings. The monoisotopic (exact) mass is 174 g/mol. The molecule has 1 unspecified atom stereocenters. The Morgan fingerprint density at radius 2 is 1.92 bits per heavy atom. The highest BCUT2D eigenvalue weighted by molar-refractivity contribution is 4.69. The number of methoxy groups -OCH3 is 1. The first-order valence-electron chi connectivity index (χ1n) is 4.75. The van der Waals surface area contributed by atoms with Crippen LogP contribution in [0.2, 0.25) is 0 Å². The van der Waals surface area contributed by atoms with Gasteiger partial charge >= 0.3 is 0 Å². The predicted molar refractivity (Wildman–Crippen MR) is 51.2 cm³/mol. The second-order valence-electron chi connectivity index (χ2n) is 3.94. The van der Waals surface area contributed by atoms with E-state index < -0.39 is 0 Å². The Morgan fingerprint density at radius 3 is 2.33 bits per heavy atom. The van der Waals surface area contributed by atoms with Gasteiger partial charge in [-0.15, -0.1) is 0 Å². The molecule has 0 spiro atoms. The largest absolute Gasteiger partial charge is 0.393 e. The highest BCUT2D eigenvalue weighted by Gasteiger charge is 2.17. The Labute approximate surface area is 75.9 Å². The van der Waals surface area contributed by atoms with E-state index in [1.165, 1.54) is 0 Å². The van der Waals surface area contributed by atoms with Gasteiger partial charge in [0.1, 0.15) is 0 Å². The lowest BCUT2D eigenvalue weighted by Gasteiger charge is -2.23. The van der Waals surface area contributed by atoms with Gasteiger partial charge in [0.2, 0.25) is 0 Å². The van der Waals surface area contributed by atoms with Gasteiger partial charge in [0.05, 0.1) is 11.7 Å². The fourth-order valence-electron chi connectivity index (χ4n) is 1.09. The van der Waals surface area contributed by atoms with Gasteiger partial charge in [-0.25, -0.2) is 0 Å². The summed E-state index contributed by atoms with van der Waals surface area (Å²) in [6.07, 6.45) is 3.57. The van der Waals surface area contributed by atoms with Crippen LogP contribution >= 0.6 is 0 Å². The molecule has 12 heavy (non-hydrogen) atoms. The maximum atomic E-state index is 9.45. The SMILES string of the molecule is CCCC(O)CCC(C)(C)OC. The molecule has 1 atom stereocenters. The minimum absolute atomic E-state index is 0.0886. The second-order valence-corrected chi connectivity index (χ2v) is 3.94. The number of aliphatic hydroxyl groups excluding tert-OH is 1. The average molecular weight is 174 g/mol. The Bertz CT molecular complexity index is 110. The first kappa shape index (κ1) is 11.9. The third-order valence-electron chi connectivity index (χ3n) is 2.25. The van der Waals surface area contributed by atoms with E-state index in [9.17, 15) is 5.11 Å². The zero-order valence-electron chi connectivity index (χ0n) is 8.76. The number of ether oxygens (including phenoxy) is 1. The molecule has 0 amide bonds. The Kier molecular flexibility index (Phi) is 5.51. The summed E-state index contributed by atoms with van der Waals surface area (Å²) in [4.78, 5) is 0. The van der Waals surface area contributed by atoms with Crippen LogP contribution in [0.4, 0.5) is 0 Å². The standard InChI is InChI=1S/C10H22O2/c1-5-6-9(11)7-8-10(2,3)12-4/h9,11H,5-8H2,1-4H3. The number of hydrogen-bond donors (Lipinski definition) is 1.